The van der Waals surface area contributed by atoms with Crippen molar-refractivity contribution in [3.63, 3.8) is 0 Å². The van der Waals surface area contributed by atoms with E-state index in [-0.39, 0.29) is 29.5 Å². The molecule has 0 saturated heterocycles. The van der Waals surface area contributed by atoms with Gasteiger partial charge in [0.2, 0.25) is 0 Å². The Hall–Kier alpha value is -2.84. The first-order chi connectivity index (χ1) is 13.8. The minimum atomic E-state index is -0.418. The Kier molecular flexibility index (Phi) is 6.24. The number of hydrogen-bond donors (Lipinski definition) is 2. The van der Waals surface area contributed by atoms with Crippen LogP contribution in [0.5, 0.6) is 11.5 Å². The average Bonchev–Trinajstić information content (AvgIpc) is 3.10. The number of nitrogens with zero attached hydrogens (tertiary/aromatic N) is 2. The lowest BCUT2D eigenvalue weighted by molar-refractivity contribution is 0.0827. The van der Waals surface area contributed by atoms with E-state index in [1.807, 2.05) is 11.4 Å². The lowest BCUT2D eigenvalue weighted by Crippen LogP contribution is -2.30. The van der Waals surface area contributed by atoms with Gasteiger partial charge in [0.25, 0.3) is 11.8 Å². The third-order valence-electron chi connectivity index (χ3n) is 4.22. The first kappa shape index (κ1) is 20.9. The van der Waals surface area contributed by atoms with Gasteiger partial charge >= 0.3 is 0 Å². The molecule has 150 valence electrons. The van der Waals surface area contributed by atoms with Crippen LogP contribution >= 0.6 is 27.3 Å². The molecule has 2 N–H and O–H groups in total. The number of hydrogen-bond acceptors (Lipinski definition) is 5. The number of phenolic OH excluding ortho intramolecular Hbond substituents is 2. The molecular weight excluding hydrogens is 456 g/mol. The first-order valence-electron chi connectivity index (χ1n) is 8.64. The second-order valence-corrected chi connectivity index (χ2v) is 8.48. The fourth-order valence-electron chi connectivity index (χ4n) is 2.76. The van der Waals surface area contributed by atoms with Crippen molar-refractivity contribution < 1.29 is 19.8 Å². The third-order valence-corrected chi connectivity index (χ3v) is 5.91. The summed E-state index contributed by atoms with van der Waals surface area (Å²) in [6, 6.07) is 12.5. The highest BCUT2D eigenvalue weighted by Crippen LogP contribution is 2.29. The number of halogens is 1. The highest BCUT2D eigenvalue weighted by molar-refractivity contribution is 9.10. The topological polar surface area (TPSA) is 81.1 Å². The fourth-order valence-corrected chi connectivity index (χ4v) is 4.20. The van der Waals surface area contributed by atoms with Gasteiger partial charge in [0.05, 0.1) is 12.1 Å². The molecule has 8 heteroatoms. The molecule has 0 saturated carbocycles. The van der Waals surface area contributed by atoms with Crippen LogP contribution in [0.25, 0.3) is 0 Å². The van der Waals surface area contributed by atoms with Crippen molar-refractivity contribution >= 4 is 44.8 Å². The monoisotopic (exact) mass is 474 g/mol. The van der Waals surface area contributed by atoms with Crippen LogP contribution in [0.1, 0.15) is 25.6 Å². The zero-order valence-corrected chi connectivity index (χ0v) is 18.2. The summed E-state index contributed by atoms with van der Waals surface area (Å²) in [5, 5.41) is 21.6. The van der Waals surface area contributed by atoms with E-state index in [0.29, 0.717) is 11.3 Å². The number of amides is 2. The molecule has 0 aliphatic rings. The summed E-state index contributed by atoms with van der Waals surface area (Å²) in [5.74, 6) is -0.974. The van der Waals surface area contributed by atoms with Crippen molar-refractivity contribution in [2.45, 2.75) is 6.54 Å². The Morgan fingerprint density at radius 3 is 2.24 bits per heavy atom. The van der Waals surface area contributed by atoms with Crippen LogP contribution in [-0.4, -0.2) is 41.0 Å². The predicted octanol–water partition coefficient (Wildman–Crippen LogP) is 4.47. The number of rotatable bonds is 5. The van der Waals surface area contributed by atoms with Gasteiger partial charge in [-0.1, -0.05) is 0 Å². The molecule has 29 heavy (non-hydrogen) atoms. The SMILES string of the molecule is CN(C)C(=O)c1ccc(N(Cc2cc(Br)cs2)C(=O)c2ccc(O)cc2O)cc1. The quantitative estimate of drug-likeness (QED) is 0.571. The zero-order chi connectivity index (χ0) is 21.1. The molecule has 0 atom stereocenters. The van der Waals surface area contributed by atoms with Crippen molar-refractivity contribution in [3.8, 4) is 11.5 Å². The lowest BCUT2D eigenvalue weighted by atomic mass is 10.1. The van der Waals surface area contributed by atoms with E-state index in [9.17, 15) is 19.8 Å². The minimum absolute atomic E-state index is 0.0758. The summed E-state index contributed by atoms with van der Waals surface area (Å²) in [7, 11) is 3.35. The van der Waals surface area contributed by atoms with E-state index in [0.717, 1.165) is 15.4 Å². The molecule has 1 aromatic heterocycles. The molecular formula is C21H19BrN2O4S. The first-order valence-corrected chi connectivity index (χ1v) is 10.3. The molecule has 2 amide bonds. The van der Waals surface area contributed by atoms with Crippen molar-refractivity contribution in [1.29, 1.82) is 0 Å². The number of carbonyl (C=O) groups is 2. The van der Waals surface area contributed by atoms with Crippen LogP contribution in [0.2, 0.25) is 0 Å². The van der Waals surface area contributed by atoms with Crippen molar-refractivity contribution in [1.82, 2.24) is 4.90 Å². The van der Waals surface area contributed by atoms with E-state index in [1.165, 1.54) is 33.3 Å². The lowest BCUT2D eigenvalue weighted by Gasteiger charge is -2.23. The molecule has 0 fully saturated rings. The Balaban J connectivity index is 1.98. The summed E-state index contributed by atoms with van der Waals surface area (Å²) in [5.41, 5.74) is 1.17. The molecule has 2 aromatic carbocycles. The van der Waals surface area contributed by atoms with Crippen LogP contribution < -0.4 is 4.90 Å². The van der Waals surface area contributed by atoms with Crippen LogP contribution in [0.3, 0.4) is 0 Å². The van der Waals surface area contributed by atoms with Crippen LogP contribution in [0, 0.1) is 0 Å². The fraction of sp³-hybridized carbons (Fsp3) is 0.143. The number of thiophene rings is 1. The zero-order valence-electron chi connectivity index (χ0n) is 15.8. The Morgan fingerprint density at radius 1 is 1.00 bits per heavy atom. The molecule has 0 aliphatic heterocycles. The molecule has 0 unspecified atom stereocenters. The van der Waals surface area contributed by atoms with E-state index < -0.39 is 5.91 Å². The Bertz CT molecular complexity index is 1050. The summed E-state index contributed by atoms with van der Waals surface area (Å²) in [6.07, 6.45) is 0. The molecule has 0 aliphatic carbocycles. The predicted molar refractivity (Wildman–Crippen MR) is 117 cm³/mol. The normalized spacial score (nSPS) is 10.6. The number of phenols is 2. The van der Waals surface area contributed by atoms with E-state index in [2.05, 4.69) is 15.9 Å². The number of anilines is 1. The van der Waals surface area contributed by atoms with Gasteiger partial charge in [-0.15, -0.1) is 11.3 Å². The number of benzene rings is 2. The van der Waals surface area contributed by atoms with Gasteiger partial charge < -0.3 is 20.0 Å². The van der Waals surface area contributed by atoms with Crippen molar-refractivity contribution in [2.75, 3.05) is 19.0 Å². The molecule has 1 heterocycles. The summed E-state index contributed by atoms with van der Waals surface area (Å²) in [6.45, 7) is 0.288. The second-order valence-electron chi connectivity index (χ2n) is 6.57. The van der Waals surface area contributed by atoms with E-state index in [4.69, 9.17) is 0 Å². The van der Waals surface area contributed by atoms with Crippen molar-refractivity contribution in [3.05, 3.63) is 74.4 Å². The maximum Gasteiger partial charge on any atom is 0.262 e. The highest BCUT2D eigenvalue weighted by atomic mass is 79.9. The largest absolute Gasteiger partial charge is 0.508 e. The Morgan fingerprint density at radius 2 is 1.69 bits per heavy atom. The third kappa shape index (κ3) is 4.78. The van der Waals surface area contributed by atoms with Crippen LogP contribution in [-0.2, 0) is 6.54 Å². The molecule has 0 radical (unpaired) electrons. The second kappa shape index (κ2) is 8.67. The van der Waals surface area contributed by atoms with Gasteiger partial charge in [-0.25, -0.2) is 0 Å². The van der Waals surface area contributed by atoms with Gasteiger partial charge in [-0.3, -0.25) is 9.59 Å². The van der Waals surface area contributed by atoms with Gasteiger partial charge in [0, 0.05) is 46.1 Å². The van der Waals surface area contributed by atoms with Gasteiger partial charge in [-0.2, -0.15) is 0 Å². The summed E-state index contributed by atoms with van der Waals surface area (Å²) >= 11 is 4.92. The molecule has 0 bridgehead atoms. The molecule has 6 nitrogen and oxygen atoms in total. The van der Waals surface area contributed by atoms with Crippen molar-refractivity contribution in [2.24, 2.45) is 0 Å². The maximum atomic E-state index is 13.2. The van der Waals surface area contributed by atoms with Gasteiger partial charge in [0.15, 0.2) is 0 Å². The smallest absolute Gasteiger partial charge is 0.262 e. The molecule has 3 rings (SSSR count). The Labute approximate surface area is 180 Å². The van der Waals surface area contributed by atoms with Crippen LogP contribution in [0.15, 0.2) is 58.4 Å². The molecule has 3 aromatic rings. The number of carbonyl (C=O) groups excluding carboxylic acids is 2. The highest BCUT2D eigenvalue weighted by Gasteiger charge is 2.22. The van der Waals surface area contributed by atoms with Gasteiger partial charge in [0.1, 0.15) is 11.5 Å². The summed E-state index contributed by atoms with van der Waals surface area (Å²) < 4.78 is 0.921. The van der Waals surface area contributed by atoms with E-state index in [1.54, 1.807) is 38.4 Å². The van der Waals surface area contributed by atoms with Crippen LogP contribution in [0.4, 0.5) is 5.69 Å². The maximum absolute atomic E-state index is 13.2. The minimum Gasteiger partial charge on any atom is -0.508 e. The number of aromatic hydroxyl groups is 2. The van der Waals surface area contributed by atoms with E-state index >= 15 is 0 Å². The average molecular weight is 475 g/mol. The standard InChI is InChI=1S/C21H19BrN2O4S/c1-23(2)20(27)13-3-5-15(6-4-13)24(11-17-9-14(22)12-29-17)21(28)18-8-7-16(25)10-19(18)26/h3-10,12,25-26H,11H2,1-2H3. The molecule has 0 spiro atoms. The summed E-state index contributed by atoms with van der Waals surface area (Å²) in [4.78, 5) is 29.3. The van der Waals surface area contributed by atoms with Gasteiger partial charge in [-0.05, 0) is 58.4 Å².